The molecular weight excluding hydrogens is 372 g/mol. The van der Waals surface area contributed by atoms with Crippen molar-refractivity contribution in [2.45, 2.75) is 13.3 Å². The summed E-state index contributed by atoms with van der Waals surface area (Å²) in [5.41, 5.74) is 1.11. The van der Waals surface area contributed by atoms with E-state index in [0.717, 1.165) is 11.6 Å². The van der Waals surface area contributed by atoms with Gasteiger partial charge in [0.25, 0.3) is 5.91 Å². The zero-order valence-corrected chi connectivity index (χ0v) is 15.2. The zero-order chi connectivity index (χ0) is 20.0. The van der Waals surface area contributed by atoms with E-state index in [1.165, 1.54) is 17.0 Å². The first-order valence-electron chi connectivity index (χ1n) is 7.96. The van der Waals surface area contributed by atoms with E-state index in [0.29, 0.717) is 10.7 Å². The van der Waals surface area contributed by atoms with E-state index < -0.39 is 24.2 Å². The molecule has 8 heteroatoms. The molecule has 2 rings (SSSR count). The van der Waals surface area contributed by atoms with Crippen molar-refractivity contribution in [1.82, 2.24) is 0 Å². The number of phenols is 2. The molecule has 0 aromatic heterocycles. The fraction of sp³-hybridized carbons (Fsp3) is 0.211. The van der Waals surface area contributed by atoms with Crippen molar-refractivity contribution in [3.05, 3.63) is 52.5 Å². The summed E-state index contributed by atoms with van der Waals surface area (Å²) >= 11 is 6.00. The van der Waals surface area contributed by atoms with Crippen LogP contribution in [0.15, 0.2) is 36.4 Å². The summed E-state index contributed by atoms with van der Waals surface area (Å²) in [6, 6.07) is 10.3. The highest BCUT2D eigenvalue weighted by Gasteiger charge is 2.20. The Hall–Kier alpha value is -3.24. The van der Waals surface area contributed by atoms with Crippen LogP contribution in [0.4, 0.5) is 5.69 Å². The van der Waals surface area contributed by atoms with Crippen molar-refractivity contribution in [2.24, 2.45) is 0 Å². The maximum absolute atomic E-state index is 12.5. The van der Waals surface area contributed by atoms with Gasteiger partial charge in [-0.2, -0.15) is 5.26 Å². The first-order chi connectivity index (χ1) is 12.8. The third-order valence-corrected chi connectivity index (χ3v) is 4.15. The van der Waals surface area contributed by atoms with E-state index in [1.807, 2.05) is 6.07 Å². The van der Waals surface area contributed by atoms with Gasteiger partial charge in [-0.25, -0.2) is 4.79 Å². The number of rotatable bonds is 6. The van der Waals surface area contributed by atoms with Crippen LogP contribution < -0.4 is 4.90 Å². The minimum atomic E-state index is -0.909. The number of nitrogens with zero attached hydrogens (tertiary/aromatic N) is 2. The number of phenolic OH excluding ortho intramolecular Hbond substituents is 2. The summed E-state index contributed by atoms with van der Waals surface area (Å²) in [7, 11) is 0. The standard InChI is InChI=1S/C19H17ClN2O5/c1-12-9-13(3-6-16(12)20)22(8-2-7-21)18(25)11-27-19(26)15-5-4-14(23)10-17(15)24/h3-6,9-10,23-24H,2,8,11H2,1H3. The number of nitriles is 1. The minimum Gasteiger partial charge on any atom is -0.508 e. The number of esters is 1. The topological polar surface area (TPSA) is 111 Å². The van der Waals surface area contributed by atoms with Crippen LogP contribution in [0.1, 0.15) is 22.3 Å². The fourth-order valence-corrected chi connectivity index (χ4v) is 2.45. The highest BCUT2D eigenvalue weighted by atomic mass is 35.5. The van der Waals surface area contributed by atoms with Crippen molar-refractivity contribution in [1.29, 1.82) is 5.26 Å². The van der Waals surface area contributed by atoms with Crippen LogP contribution in [0, 0.1) is 18.3 Å². The number of ether oxygens (including phenoxy) is 1. The van der Waals surface area contributed by atoms with Crippen LogP contribution >= 0.6 is 11.6 Å². The predicted molar refractivity (Wildman–Crippen MR) is 98.8 cm³/mol. The molecule has 0 saturated carbocycles. The number of carbonyl (C=O) groups excluding carboxylic acids is 2. The second-order valence-corrected chi connectivity index (χ2v) is 6.07. The van der Waals surface area contributed by atoms with Crippen molar-refractivity contribution in [2.75, 3.05) is 18.1 Å². The first-order valence-corrected chi connectivity index (χ1v) is 8.34. The van der Waals surface area contributed by atoms with Gasteiger partial charge in [-0.1, -0.05) is 11.6 Å². The summed E-state index contributed by atoms with van der Waals surface area (Å²) in [5, 5.41) is 28.3. The van der Waals surface area contributed by atoms with Gasteiger partial charge in [0.2, 0.25) is 0 Å². The lowest BCUT2D eigenvalue weighted by atomic mass is 10.2. The molecule has 0 spiro atoms. The van der Waals surface area contributed by atoms with Crippen molar-refractivity contribution in [3.8, 4) is 17.6 Å². The maximum atomic E-state index is 12.5. The van der Waals surface area contributed by atoms with E-state index in [-0.39, 0.29) is 24.3 Å². The molecule has 0 radical (unpaired) electrons. The molecule has 2 N–H and O–H groups in total. The lowest BCUT2D eigenvalue weighted by Gasteiger charge is -2.22. The van der Waals surface area contributed by atoms with Gasteiger partial charge in [0.1, 0.15) is 17.1 Å². The number of hydrogen-bond donors (Lipinski definition) is 2. The normalized spacial score (nSPS) is 10.1. The molecule has 7 nitrogen and oxygen atoms in total. The molecule has 0 unspecified atom stereocenters. The Morgan fingerprint density at radius 2 is 1.96 bits per heavy atom. The van der Waals surface area contributed by atoms with E-state index in [2.05, 4.69) is 0 Å². The largest absolute Gasteiger partial charge is 0.508 e. The summed E-state index contributed by atoms with van der Waals surface area (Å²) in [6.07, 6.45) is 0.0973. The monoisotopic (exact) mass is 388 g/mol. The Kier molecular flexibility index (Phi) is 6.63. The maximum Gasteiger partial charge on any atom is 0.342 e. The van der Waals surface area contributed by atoms with Gasteiger partial charge in [0.05, 0.1) is 12.5 Å². The number of hydrogen-bond acceptors (Lipinski definition) is 6. The van der Waals surface area contributed by atoms with Crippen LogP contribution in [-0.2, 0) is 9.53 Å². The van der Waals surface area contributed by atoms with Crippen LogP contribution in [0.2, 0.25) is 5.02 Å². The quantitative estimate of drug-likeness (QED) is 0.735. The second-order valence-electron chi connectivity index (χ2n) is 5.66. The molecule has 0 aliphatic rings. The molecule has 0 heterocycles. The Balaban J connectivity index is 2.12. The molecular formula is C19H17ClN2O5. The number of anilines is 1. The molecule has 0 fully saturated rings. The highest BCUT2D eigenvalue weighted by molar-refractivity contribution is 6.31. The van der Waals surface area contributed by atoms with Gasteiger partial charge >= 0.3 is 5.97 Å². The Morgan fingerprint density at radius 1 is 1.22 bits per heavy atom. The predicted octanol–water partition coefficient (Wildman–Crippen LogP) is 3.16. The van der Waals surface area contributed by atoms with E-state index in [1.54, 1.807) is 25.1 Å². The summed E-state index contributed by atoms with van der Waals surface area (Å²) < 4.78 is 4.97. The third-order valence-electron chi connectivity index (χ3n) is 3.73. The number of aromatic hydroxyl groups is 2. The van der Waals surface area contributed by atoms with Gasteiger partial charge in [-0.15, -0.1) is 0 Å². The molecule has 0 aliphatic heterocycles. The number of amides is 1. The molecule has 0 bridgehead atoms. The Labute approximate surface area is 161 Å². The molecule has 1 amide bonds. The zero-order valence-electron chi connectivity index (χ0n) is 14.5. The van der Waals surface area contributed by atoms with Crippen LogP contribution in [0.3, 0.4) is 0 Å². The average Bonchev–Trinajstić information content (AvgIpc) is 2.62. The molecule has 2 aromatic rings. The highest BCUT2D eigenvalue weighted by Crippen LogP contribution is 2.24. The van der Waals surface area contributed by atoms with Crippen LogP contribution in [0.25, 0.3) is 0 Å². The van der Waals surface area contributed by atoms with Crippen molar-refractivity contribution in [3.63, 3.8) is 0 Å². The number of halogens is 1. The fourth-order valence-electron chi connectivity index (χ4n) is 2.33. The van der Waals surface area contributed by atoms with Crippen molar-refractivity contribution >= 4 is 29.2 Å². The number of benzene rings is 2. The molecule has 27 heavy (non-hydrogen) atoms. The van der Waals surface area contributed by atoms with Crippen LogP contribution in [-0.4, -0.2) is 35.2 Å². The molecule has 0 saturated heterocycles. The van der Waals surface area contributed by atoms with Gasteiger partial charge in [0.15, 0.2) is 6.61 Å². The minimum absolute atomic E-state index is 0.0973. The molecule has 0 aliphatic carbocycles. The second kappa shape index (κ2) is 8.92. The van der Waals surface area contributed by atoms with Gasteiger partial charge < -0.3 is 19.8 Å². The Bertz CT molecular complexity index is 907. The summed E-state index contributed by atoms with van der Waals surface area (Å²) in [4.78, 5) is 25.9. The molecule has 2 aromatic carbocycles. The summed E-state index contributed by atoms with van der Waals surface area (Å²) in [5.74, 6) is -2.10. The smallest absolute Gasteiger partial charge is 0.342 e. The third kappa shape index (κ3) is 5.12. The number of carbonyl (C=O) groups is 2. The van der Waals surface area contributed by atoms with E-state index in [9.17, 15) is 19.8 Å². The van der Waals surface area contributed by atoms with Crippen molar-refractivity contribution < 1.29 is 24.5 Å². The SMILES string of the molecule is Cc1cc(N(CCC#N)C(=O)COC(=O)c2ccc(O)cc2O)ccc1Cl. The Morgan fingerprint density at radius 3 is 2.59 bits per heavy atom. The summed E-state index contributed by atoms with van der Waals surface area (Å²) in [6.45, 7) is 1.33. The van der Waals surface area contributed by atoms with Gasteiger partial charge in [-0.05, 0) is 42.8 Å². The molecule has 140 valence electrons. The van der Waals surface area contributed by atoms with E-state index >= 15 is 0 Å². The lowest BCUT2D eigenvalue weighted by Crippen LogP contribution is -2.35. The number of aryl methyl sites for hydroxylation is 1. The van der Waals surface area contributed by atoms with E-state index in [4.69, 9.17) is 21.6 Å². The lowest BCUT2D eigenvalue weighted by molar-refractivity contribution is -0.121. The molecule has 0 atom stereocenters. The van der Waals surface area contributed by atoms with Crippen LogP contribution in [0.5, 0.6) is 11.5 Å². The first kappa shape index (κ1) is 20.1. The average molecular weight is 389 g/mol. The van der Waals surface area contributed by atoms with Gasteiger partial charge in [0, 0.05) is 23.3 Å². The van der Waals surface area contributed by atoms with Gasteiger partial charge in [-0.3, -0.25) is 4.79 Å².